The van der Waals surface area contributed by atoms with E-state index in [9.17, 15) is 9.59 Å². The Hall–Kier alpha value is -2.22. The predicted octanol–water partition coefficient (Wildman–Crippen LogP) is 3.91. The predicted molar refractivity (Wildman–Crippen MR) is 78.1 cm³/mol. The largest absolute Gasteiger partial charge is 0.294 e. The maximum atomic E-state index is 11.9. The summed E-state index contributed by atoms with van der Waals surface area (Å²) in [7, 11) is 0. The zero-order valence-electron chi connectivity index (χ0n) is 11.1. The van der Waals surface area contributed by atoms with Crippen molar-refractivity contribution in [3.63, 3.8) is 0 Å². The Morgan fingerprint density at radius 1 is 1.16 bits per heavy atom. The fourth-order valence-corrected chi connectivity index (χ4v) is 1.69. The van der Waals surface area contributed by atoms with Gasteiger partial charge in [0.05, 0.1) is 0 Å². The third-order valence-corrected chi connectivity index (χ3v) is 2.64. The van der Waals surface area contributed by atoms with E-state index in [0.717, 1.165) is 0 Å². The molecule has 0 amide bonds. The average molecular weight is 254 g/mol. The van der Waals surface area contributed by atoms with Gasteiger partial charge in [-0.2, -0.15) is 0 Å². The van der Waals surface area contributed by atoms with E-state index in [1.165, 1.54) is 0 Å². The summed E-state index contributed by atoms with van der Waals surface area (Å²) in [5.41, 5.74) is 1.23. The Balaban J connectivity index is 2.61. The number of rotatable bonds is 7. The molecular formula is C17H18O2. The summed E-state index contributed by atoms with van der Waals surface area (Å²) in [5, 5.41) is 0. The van der Waals surface area contributed by atoms with E-state index in [-0.39, 0.29) is 24.4 Å². The van der Waals surface area contributed by atoms with Gasteiger partial charge in [-0.25, -0.2) is 0 Å². The first-order valence-corrected chi connectivity index (χ1v) is 6.26. The van der Waals surface area contributed by atoms with Gasteiger partial charge in [-0.15, -0.1) is 0 Å². The van der Waals surface area contributed by atoms with Crippen LogP contribution in [0.2, 0.25) is 0 Å². The van der Waals surface area contributed by atoms with E-state index < -0.39 is 0 Å². The first-order valence-electron chi connectivity index (χ1n) is 6.26. The monoisotopic (exact) mass is 254 g/mol. The van der Waals surface area contributed by atoms with E-state index in [0.29, 0.717) is 11.1 Å². The molecule has 2 heteroatoms. The van der Waals surface area contributed by atoms with Crippen molar-refractivity contribution in [1.29, 1.82) is 0 Å². The summed E-state index contributed by atoms with van der Waals surface area (Å²) in [5.74, 6) is -0.0466. The van der Waals surface area contributed by atoms with Crippen LogP contribution in [0.15, 0.2) is 66.8 Å². The molecule has 0 aromatic heterocycles. The normalized spacial score (nSPS) is 11.5. The molecule has 0 N–H and O–H groups in total. The molecule has 0 fully saturated rings. The lowest BCUT2D eigenvalue weighted by Crippen LogP contribution is -2.06. The molecule has 98 valence electrons. The van der Waals surface area contributed by atoms with Crippen LogP contribution in [-0.4, -0.2) is 11.6 Å². The van der Waals surface area contributed by atoms with Crippen molar-refractivity contribution in [2.45, 2.75) is 19.8 Å². The number of carbonyl (C=O) groups excluding carboxylic acids is 2. The van der Waals surface area contributed by atoms with Gasteiger partial charge in [0.1, 0.15) is 0 Å². The van der Waals surface area contributed by atoms with Gasteiger partial charge in [-0.3, -0.25) is 9.59 Å². The van der Waals surface area contributed by atoms with E-state index in [4.69, 9.17) is 0 Å². The fraction of sp³-hybridized carbons (Fsp3) is 0.176. The lowest BCUT2D eigenvalue weighted by Gasteiger charge is -2.02. The van der Waals surface area contributed by atoms with Gasteiger partial charge < -0.3 is 0 Å². The van der Waals surface area contributed by atoms with Crippen molar-refractivity contribution < 1.29 is 9.59 Å². The van der Waals surface area contributed by atoms with Crippen LogP contribution in [0, 0.1) is 0 Å². The van der Waals surface area contributed by atoms with Crippen molar-refractivity contribution >= 4 is 11.6 Å². The van der Waals surface area contributed by atoms with Crippen molar-refractivity contribution in [2.24, 2.45) is 0 Å². The Kier molecular flexibility index (Phi) is 6.23. The zero-order chi connectivity index (χ0) is 14.1. The number of Topliss-reactive ketones (excluding diaryl/α,β-unsaturated/α-hetero) is 2. The van der Waals surface area contributed by atoms with Crippen LogP contribution < -0.4 is 0 Å². The number of benzene rings is 1. The quantitative estimate of drug-likeness (QED) is 0.420. The molecule has 0 heterocycles. The summed E-state index contributed by atoms with van der Waals surface area (Å²) in [6.07, 6.45) is 7.22. The van der Waals surface area contributed by atoms with Gasteiger partial charge >= 0.3 is 0 Å². The second-order valence-electron chi connectivity index (χ2n) is 4.07. The number of carbonyl (C=O) groups is 2. The molecule has 2 nitrogen and oxygen atoms in total. The molecule has 0 aliphatic heterocycles. The highest BCUT2D eigenvalue weighted by molar-refractivity contribution is 6.03. The van der Waals surface area contributed by atoms with E-state index in [2.05, 4.69) is 6.58 Å². The zero-order valence-corrected chi connectivity index (χ0v) is 11.1. The number of hydrogen-bond acceptors (Lipinski definition) is 2. The molecule has 0 saturated heterocycles. The van der Waals surface area contributed by atoms with E-state index in [1.807, 2.05) is 25.1 Å². The SMILES string of the molecule is C=C/C=C(\C=C/C)C(=O)CCC(=O)c1ccccc1. The molecule has 0 bridgehead atoms. The minimum absolute atomic E-state index is 0.00705. The molecule has 0 aliphatic carbocycles. The molecule has 0 aliphatic rings. The number of allylic oxidation sites excluding steroid dienone is 5. The maximum absolute atomic E-state index is 11.9. The van der Waals surface area contributed by atoms with Crippen LogP contribution in [-0.2, 0) is 4.79 Å². The lowest BCUT2D eigenvalue weighted by molar-refractivity contribution is -0.115. The highest BCUT2D eigenvalue weighted by Crippen LogP contribution is 2.09. The van der Waals surface area contributed by atoms with Gasteiger partial charge in [0, 0.05) is 24.0 Å². The smallest absolute Gasteiger partial charge is 0.163 e. The van der Waals surface area contributed by atoms with Gasteiger partial charge in [0.15, 0.2) is 11.6 Å². The van der Waals surface area contributed by atoms with Crippen LogP contribution in [0.4, 0.5) is 0 Å². The van der Waals surface area contributed by atoms with Crippen LogP contribution in [0.5, 0.6) is 0 Å². The minimum atomic E-state index is -0.0396. The molecule has 0 saturated carbocycles. The standard InChI is InChI=1S/C17H18O2/c1-3-8-14(9-4-2)16(18)12-13-17(19)15-10-6-5-7-11-15/h3-11H,1,12-13H2,2H3/b9-4-,14-8+. The van der Waals surface area contributed by atoms with Crippen LogP contribution in [0.3, 0.4) is 0 Å². The minimum Gasteiger partial charge on any atom is -0.294 e. The van der Waals surface area contributed by atoms with E-state index in [1.54, 1.807) is 36.4 Å². The van der Waals surface area contributed by atoms with Crippen molar-refractivity contribution in [3.8, 4) is 0 Å². The second kappa shape index (κ2) is 7.98. The topological polar surface area (TPSA) is 34.1 Å². The molecule has 0 atom stereocenters. The molecule has 19 heavy (non-hydrogen) atoms. The number of hydrogen-bond donors (Lipinski definition) is 0. The second-order valence-corrected chi connectivity index (χ2v) is 4.07. The molecule has 0 spiro atoms. The third kappa shape index (κ3) is 4.88. The number of ketones is 2. The summed E-state index contributed by atoms with van der Waals surface area (Å²) >= 11 is 0. The molecule has 0 radical (unpaired) electrons. The van der Waals surface area contributed by atoms with Gasteiger partial charge in [0.25, 0.3) is 0 Å². The molecule has 1 aromatic carbocycles. The third-order valence-electron chi connectivity index (χ3n) is 2.64. The van der Waals surface area contributed by atoms with Crippen molar-refractivity contribution in [3.05, 3.63) is 72.4 Å². The molecule has 1 rings (SSSR count). The first kappa shape index (κ1) is 14.8. The molecular weight excluding hydrogens is 236 g/mol. The Bertz CT molecular complexity index is 507. The Morgan fingerprint density at radius 3 is 2.42 bits per heavy atom. The molecule has 0 unspecified atom stereocenters. The van der Waals surface area contributed by atoms with Crippen molar-refractivity contribution in [2.75, 3.05) is 0 Å². The molecule has 1 aromatic rings. The highest BCUT2D eigenvalue weighted by Gasteiger charge is 2.10. The van der Waals surface area contributed by atoms with Crippen LogP contribution in [0.1, 0.15) is 30.1 Å². The summed E-state index contributed by atoms with van der Waals surface area (Å²) < 4.78 is 0. The van der Waals surface area contributed by atoms with Gasteiger partial charge in [0.2, 0.25) is 0 Å². The Morgan fingerprint density at radius 2 is 1.84 bits per heavy atom. The van der Waals surface area contributed by atoms with Crippen LogP contribution in [0.25, 0.3) is 0 Å². The summed E-state index contributed by atoms with van der Waals surface area (Å²) in [6.45, 7) is 5.43. The summed E-state index contributed by atoms with van der Waals surface area (Å²) in [4.78, 5) is 23.8. The average Bonchev–Trinajstić information content (AvgIpc) is 2.45. The lowest BCUT2D eigenvalue weighted by atomic mass is 10.0. The fourth-order valence-electron chi connectivity index (χ4n) is 1.69. The van der Waals surface area contributed by atoms with Crippen LogP contribution >= 0.6 is 0 Å². The maximum Gasteiger partial charge on any atom is 0.163 e. The van der Waals surface area contributed by atoms with Gasteiger partial charge in [-0.1, -0.05) is 61.2 Å². The summed E-state index contributed by atoms with van der Waals surface area (Å²) in [6, 6.07) is 9.02. The Labute approximate surface area is 114 Å². The van der Waals surface area contributed by atoms with Crippen molar-refractivity contribution in [1.82, 2.24) is 0 Å². The van der Waals surface area contributed by atoms with E-state index >= 15 is 0 Å². The van der Waals surface area contributed by atoms with Gasteiger partial charge in [-0.05, 0) is 6.92 Å². The highest BCUT2D eigenvalue weighted by atomic mass is 16.1. The first-order chi connectivity index (χ1) is 9.19.